The van der Waals surface area contributed by atoms with E-state index in [1.165, 1.54) is 0 Å². The van der Waals surface area contributed by atoms with Crippen LogP contribution in [0, 0.1) is 17.3 Å². The Kier molecular flexibility index (Phi) is 9.01. The molecule has 1 aromatic rings. The lowest BCUT2D eigenvalue weighted by molar-refractivity contribution is -0.156. The van der Waals surface area contributed by atoms with Crippen LogP contribution in [-0.2, 0) is 19.1 Å². The highest BCUT2D eigenvalue weighted by molar-refractivity contribution is 6.04. The largest absolute Gasteiger partial charge is 0.494 e. The van der Waals surface area contributed by atoms with E-state index in [2.05, 4.69) is 34.6 Å². The van der Waals surface area contributed by atoms with Crippen LogP contribution in [0.1, 0.15) is 74.1 Å². The normalized spacial score (nSPS) is 29.9. The van der Waals surface area contributed by atoms with Crippen molar-refractivity contribution < 1.29 is 29.0 Å². The van der Waals surface area contributed by atoms with E-state index in [9.17, 15) is 19.5 Å². The third kappa shape index (κ3) is 5.71. The number of amides is 3. The molecule has 1 aromatic carbocycles. The number of aliphatic hydroxyl groups excluding tert-OH is 1. The molecule has 2 saturated heterocycles. The van der Waals surface area contributed by atoms with Crippen LogP contribution in [0.5, 0.6) is 5.75 Å². The Labute approximate surface area is 268 Å². The van der Waals surface area contributed by atoms with Gasteiger partial charge in [-0.1, -0.05) is 52.0 Å². The molecule has 9 nitrogen and oxygen atoms in total. The van der Waals surface area contributed by atoms with Crippen molar-refractivity contribution in [3.8, 4) is 5.75 Å². The van der Waals surface area contributed by atoms with Gasteiger partial charge in [-0.2, -0.15) is 0 Å². The lowest BCUT2D eigenvalue weighted by Crippen LogP contribution is -2.60. The van der Waals surface area contributed by atoms with Crippen molar-refractivity contribution >= 4 is 23.4 Å². The van der Waals surface area contributed by atoms with Gasteiger partial charge in [0.2, 0.25) is 17.7 Å². The number of unbranched alkanes of at least 4 members (excludes halogenated alkanes) is 1. The van der Waals surface area contributed by atoms with Crippen molar-refractivity contribution in [3.63, 3.8) is 0 Å². The highest BCUT2D eigenvalue weighted by atomic mass is 16.5. The zero-order chi connectivity index (χ0) is 32.8. The van der Waals surface area contributed by atoms with Crippen molar-refractivity contribution in [1.29, 1.82) is 0 Å². The molecule has 4 aliphatic rings. The summed E-state index contributed by atoms with van der Waals surface area (Å²) in [6.07, 6.45) is 10.1. The minimum absolute atomic E-state index is 0.00173. The molecule has 5 rings (SSSR count). The molecule has 246 valence electrons. The molecule has 5 atom stereocenters. The van der Waals surface area contributed by atoms with Crippen molar-refractivity contribution in [2.24, 2.45) is 17.3 Å². The Hall–Kier alpha value is -3.17. The van der Waals surface area contributed by atoms with E-state index in [0.29, 0.717) is 51.2 Å². The number of carbonyl (C=O) groups excluding carboxylic acids is 3. The van der Waals surface area contributed by atoms with E-state index in [-0.39, 0.29) is 29.7 Å². The van der Waals surface area contributed by atoms with Crippen LogP contribution in [0.2, 0.25) is 0 Å². The first kappa shape index (κ1) is 33.2. The fourth-order valence-corrected chi connectivity index (χ4v) is 8.45. The Morgan fingerprint density at radius 1 is 0.911 bits per heavy atom. The molecule has 0 bridgehead atoms. The number of benzene rings is 1. The van der Waals surface area contributed by atoms with Crippen LogP contribution in [0.4, 0.5) is 5.69 Å². The van der Waals surface area contributed by atoms with Crippen LogP contribution in [0.25, 0.3) is 0 Å². The van der Waals surface area contributed by atoms with Gasteiger partial charge in [-0.15, -0.1) is 0 Å². The molecular formula is C36H51N3O6. The third-order valence-electron chi connectivity index (χ3n) is 9.90. The second kappa shape index (κ2) is 12.2. The average molecular weight is 622 g/mol. The van der Waals surface area contributed by atoms with E-state index in [4.69, 9.17) is 9.47 Å². The third-order valence-corrected chi connectivity index (χ3v) is 9.90. The number of carbonyl (C=O) groups is 3. The smallest absolute Gasteiger partial charge is 0.249 e. The summed E-state index contributed by atoms with van der Waals surface area (Å²) >= 11 is 0. The highest BCUT2D eigenvalue weighted by Crippen LogP contribution is 2.59. The minimum atomic E-state index is -1.30. The van der Waals surface area contributed by atoms with Crippen molar-refractivity contribution in [2.45, 2.75) is 96.9 Å². The van der Waals surface area contributed by atoms with Crippen molar-refractivity contribution in [3.05, 3.63) is 48.6 Å². The molecular weight excluding hydrogens is 570 g/mol. The van der Waals surface area contributed by atoms with Gasteiger partial charge in [0.15, 0.2) is 0 Å². The van der Waals surface area contributed by atoms with E-state index < -0.39 is 34.6 Å². The molecule has 1 spiro atoms. The number of fused-ring (bicyclic) bond motifs is 2. The first-order chi connectivity index (χ1) is 21.2. The quantitative estimate of drug-likeness (QED) is 0.300. The lowest BCUT2D eigenvalue weighted by Gasteiger charge is -2.45. The van der Waals surface area contributed by atoms with Gasteiger partial charge in [0, 0.05) is 37.5 Å². The number of rotatable bonds is 10. The van der Waals surface area contributed by atoms with Crippen LogP contribution in [0.3, 0.4) is 0 Å². The molecule has 4 heterocycles. The molecule has 4 aliphatic heterocycles. The summed E-state index contributed by atoms with van der Waals surface area (Å²) in [5, 5.41) is 9.54. The number of hydrogen-bond donors (Lipinski definition) is 1. The number of likely N-dealkylation sites (tertiary alicyclic amines) is 1. The highest BCUT2D eigenvalue weighted by Gasteiger charge is 2.75. The number of aliphatic hydroxyl groups is 1. The van der Waals surface area contributed by atoms with Gasteiger partial charge in [0.05, 0.1) is 24.0 Å². The Balaban J connectivity index is 1.60. The van der Waals surface area contributed by atoms with Crippen molar-refractivity contribution in [1.82, 2.24) is 9.80 Å². The van der Waals surface area contributed by atoms with Crippen LogP contribution >= 0.6 is 0 Å². The molecule has 0 saturated carbocycles. The lowest BCUT2D eigenvalue weighted by atomic mass is 9.72. The van der Waals surface area contributed by atoms with E-state index in [1.807, 2.05) is 67.3 Å². The predicted octanol–water partition coefficient (Wildman–Crippen LogP) is 4.73. The van der Waals surface area contributed by atoms with Crippen molar-refractivity contribution in [2.75, 3.05) is 37.7 Å². The number of hydrogen-bond acceptors (Lipinski definition) is 6. The van der Waals surface area contributed by atoms with Gasteiger partial charge in [0.25, 0.3) is 0 Å². The maximum Gasteiger partial charge on any atom is 0.249 e. The standard InChI is InChI=1S/C36H51N3O6/c1-8-35-18-12-21-37(25-14-16-26(17-15-25)44-9-2)30(41)27(35)28-31(42)38(20-10-11-23-40)29-32(43)39(22-13-19-36(28,29)45-35)34(6,7)24-33(3,4)5/h12-19,27-29,40H,8-11,20-24H2,1-7H3/t27-,28-,29?,35+,36-/m0/s1. The zero-order valence-electron chi connectivity index (χ0n) is 28.0. The van der Waals surface area contributed by atoms with Crippen LogP contribution in [-0.4, -0.2) is 88.3 Å². The molecule has 1 unspecified atom stereocenters. The first-order valence-electron chi connectivity index (χ1n) is 16.6. The molecule has 9 heteroatoms. The SMILES string of the molecule is CCOc1ccc(N2CC=C[C@@]3(CC)O[C@]45C=CCN(C(C)(C)CC(C)(C)C)C(=O)C4N(CCCCO)C(=O)[C@@H]5[C@H]3C2=O)cc1. The van der Waals surface area contributed by atoms with Gasteiger partial charge in [-0.05, 0) is 76.1 Å². The fourth-order valence-electron chi connectivity index (χ4n) is 8.45. The van der Waals surface area contributed by atoms with Gasteiger partial charge < -0.3 is 29.3 Å². The Morgan fingerprint density at radius 2 is 1.60 bits per heavy atom. The van der Waals surface area contributed by atoms with E-state index >= 15 is 0 Å². The second-order valence-electron chi connectivity index (χ2n) is 14.8. The molecule has 0 aromatic heterocycles. The summed E-state index contributed by atoms with van der Waals surface area (Å²) < 4.78 is 12.7. The van der Waals surface area contributed by atoms with Gasteiger partial charge in [0.1, 0.15) is 17.4 Å². The topological polar surface area (TPSA) is 99.6 Å². The molecule has 2 fully saturated rings. The number of ether oxygens (including phenoxy) is 2. The predicted molar refractivity (Wildman–Crippen MR) is 174 cm³/mol. The molecule has 45 heavy (non-hydrogen) atoms. The first-order valence-corrected chi connectivity index (χ1v) is 16.6. The monoisotopic (exact) mass is 621 g/mol. The maximum atomic E-state index is 14.8. The Bertz CT molecular complexity index is 1350. The summed E-state index contributed by atoms with van der Waals surface area (Å²) in [7, 11) is 0. The second-order valence-corrected chi connectivity index (χ2v) is 14.8. The summed E-state index contributed by atoms with van der Waals surface area (Å²) in [5.74, 6) is -1.55. The number of anilines is 1. The molecule has 0 aliphatic carbocycles. The van der Waals surface area contributed by atoms with E-state index in [1.54, 1.807) is 9.80 Å². The average Bonchev–Trinajstić information content (AvgIpc) is 3.24. The summed E-state index contributed by atoms with van der Waals surface area (Å²) in [6.45, 7) is 16.1. The zero-order valence-corrected chi connectivity index (χ0v) is 28.0. The molecule has 0 radical (unpaired) electrons. The van der Waals surface area contributed by atoms with Gasteiger partial charge in [-0.3, -0.25) is 14.4 Å². The van der Waals surface area contributed by atoms with E-state index in [0.717, 1.165) is 12.2 Å². The van der Waals surface area contributed by atoms with Gasteiger partial charge in [-0.25, -0.2) is 0 Å². The number of nitrogens with zero attached hydrogens (tertiary/aromatic N) is 3. The summed E-state index contributed by atoms with van der Waals surface area (Å²) in [5.41, 5.74) is -2.16. The molecule has 1 N–H and O–H groups in total. The summed E-state index contributed by atoms with van der Waals surface area (Å²) in [4.78, 5) is 49.5. The minimum Gasteiger partial charge on any atom is -0.494 e. The van der Waals surface area contributed by atoms with Crippen LogP contribution < -0.4 is 9.64 Å². The maximum absolute atomic E-state index is 14.8. The van der Waals surface area contributed by atoms with Crippen LogP contribution in [0.15, 0.2) is 48.6 Å². The summed E-state index contributed by atoms with van der Waals surface area (Å²) in [6, 6.07) is 6.52. The molecule has 3 amide bonds. The Morgan fingerprint density at radius 3 is 2.22 bits per heavy atom. The fraction of sp³-hybridized carbons (Fsp3) is 0.639. The van der Waals surface area contributed by atoms with Gasteiger partial charge >= 0.3 is 0 Å².